The first-order valence-corrected chi connectivity index (χ1v) is 6.36. The van der Waals surface area contributed by atoms with Crippen LogP contribution in [0, 0.1) is 11.3 Å². The molecule has 4 N–H and O–H groups in total. The number of nitrogens with one attached hydrogen (secondary N) is 1. The van der Waals surface area contributed by atoms with E-state index in [1.54, 1.807) is 6.07 Å². The summed E-state index contributed by atoms with van der Waals surface area (Å²) in [5, 5.41) is 16.2. The molecular formula is C10H11N3O4S. The van der Waals surface area contributed by atoms with E-state index in [-0.39, 0.29) is 16.9 Å². The first-order chi connectivity index (χ1) is 8.27. The molecule has 0 fully saturated rings. The van der Waals surface area contributed by atoms with E-state index >= 15 is 0 Å². The number of benzene rings is 1. The minimum atomic E-state index is -3.97. The zero-order valence-electron chi connectivity index (χ0n) is 9.41. The summed E-state index contributed by atoms with van der Waals surface area (Å²) in [5.41, 5.74) is 5.27. The molecule has 18 heavy (non-hydrogen) atoms. The Balaban J connectivity index is 3.23. The van der Waals surface area contributed by atoms with Crippen molar-refractivity contribution in [3.63, 3.8) is 0 Å². The highest BCUT2D eigenvalue weighted by atomic mass is 32.2. The molecule has 0 aliphatic rings. The molecule has 1 atom stereocenters. The van der Waals surface area contributed by atoms with Crippen LogP contribution in [0.5, 0.6) is 0 Å². The number of carboxylic acids is 1. The molecule has 1 unspecified atom stereocenters. The SMILES string of the molecule is CC(C#N)S(=O)(=O)Nc1cc(N)ccc1C(=O)O. The summed E-state index contributed by atoms with van der Waals surface area (Å²) in [6.07, 6.45) is 0. The molecule has 1 aromatic rings. The van der Waals surface area contributed by atoms with E-state index < -0.39 is 21.2 Å². The van der Waals surface area contributed by atoms with Gasteiger partial charge in [-0.15, -0.1) is 0 Å². The zero-order chi connectivity index (χ0) is 13.9. The van der Waals surface area contributed by atoms with E-state index in [9.17, 15) is 13.2 Å². The Morgan fingerprint density at radius 1 is 1.56 bits per heavy atom. The summed E-state index contributed by atoms with van der Waals surface area (Å²) < 4.78 is 25.3. The van der Waals surface area contributed by atoms with Crippen molar-refractivity contribution in [2.24, 2.45) is 0 Å². The molecule has 0 heterocycles. The van der Waals surface area contributed by atoms with Crippen molar-refractivity contribution < 1.29 is 18.3 Å². The lowest BCUT2D eigenvalue weighted by atomic mass is 10.1. The van der Waals surface area contributed by atoms with Gasteiger partial charge in [0.1, 0.15) is 0 Å². The smallest absolute Gasteiger partial charge is 0.337 e. The van der Waals surface area contributed by atoms with Crippen molar-refractivity contribution in [3.8, 4) is 6.07 Å². The number of hydrogen-bond donors (Lipinski definition) is 3. The summed E-state index contributed by atoms with van der Waals surface area (Å²) >= 11 is 0. The largest absolute Gasteiger partial charge is 0.478 e. The van der Waals surface area contributed by atoms with Crippen LogP contribution in [0.1, 0.15) is 17.3 Å². The van der Waals surface area contributed by atoms with Gasteiger partial charge in [0.05, 0.1) is 17.3 Å². The number of hydrogen-bond acceptors (Lipinski definition) is 5. The Morgan fingerprint density at radius 3 is 2.67 bits per heavy atom. The lowest BCUT2D eigenvalue weighted by molar-refractivity contribution is 0.0698. The minimum absolute atomic E-state index is 0.162. The van der Waals surface area contributed by atoms with Crippen LogP contribution in [0.2, 0.25) is 0 Å². The number of nitrogens with zero attached hydrogens (tertiary/aromatic N) is 1. The van der Waals surface area contributed by atoms with Gasteiger partial charge in [-0.2, -0.15) is 5.26 Å². The highest BCUT2D eigenvalue weighted by molar-refractivity contribution is 7.93. The molecule has 0 aromatic heterocycles. The fraction of sp³-hybridized carbons (Fsp3) is 0.200. The maximum atomic E-state index is 11.6. The van der Waals surface area contributed by atoms with Gasteiger partial charge in [0.25, 0.3) is 0 Å². The average Bonchev–Trinajstić information content (AvgIpc) is 2.26. The third-order valence-corrected chi connectivity index (χ3v) is 3.71. The van der Waals surface area contributed by atoms with Crippen molar-refractivity contribution in [1.82, 2.24) is 0 Å². The topological polar surface area (TPSA) is 133 Å². The number of aromatic carboxylic acids is 1. The molecule has 0 saturated carbocycles. The van der Waals surface area contributed by atoms with Gasteiger partial charge in [-0.25, -0.2) is 13.2 Å². The molecule has 96 valence electrons. The number of carbonyl (C=O) groups is 1. The Kier molecular flexibility index (Phi) is 3.78. The van der Waals surface area contributed by atoms with Gasteiger partial charge in [0, 0.05) is 5.69 Å². The second-order valence-electron chi connectivity index (χ2n) is 3.53. The van der Waals surface area contributed by atoms with Crippen LogP contribution in [0.3, 0.4) is 0 Å². The van der Waals surface area contributed by atoms with Gasteiger partial charge < -0.3 is 10.8 Å². The van der Waals surface area contributed by atoms with Crippen LogP contribution in [0.15, 0.2) is 18.2 Å². The number of nitrogen functional groups attached to an aromatic ring is 1. The number of rotatable bonds is 4. The number of nitriles is 1. The lowest BCUT2D eigenvalue weighted by Crippen LogP contribution is -2.25. The fourth-order valence-electron chi connectivity index (χ4n) is 1.14. The molecule has 1 aromatic carbocycles. The van der Waals surface area contributed by atoms with Crippen molar-refractivity contribution in [1.29, 1.82) is 5.26 Å². The maximum Gasteiger partial charge on any atom is 0.337 e. The quantitative estimate of drug-likeness (QED) is 0.686. The Hall–Kier alpha value is -2.27. The normalized spacial score (nSPS) is 12.4. The molecule has 0 saturated heterocycles. The molecule has 0 amide bonds. The molecular weight excluding hydrogens is 258 g/mol. The predicted octanol–water partition coefficient (Wildman–Crippen LogP) is 0.621. The predicted molar refractivity (Wildman–Crippen MR) is 65.4 cm³/mol. The van der Waals surface area contributed by atoms with Crippen molar-refractivity contribution in [3.05, 3.63) is 23.8 Å². The van der Waals surface area contributed by atoms with Crippen LogP contribution in [-0.4, -0.2) is 24.7 Å². The molecule has 0 spiro atoms. The number of anilines is 2. The van der Waals surface area contributed by atoms with Crippen LogP contribution < -0.4 is 10.5 Å². The second-order valence-corrected chi connectivity index (χ2v) is 5.53. The van der Waals surface area contributed by atoms with Crippen LogP contribution in [0.4, 0.5) is 11.4 Å². The van der Waals surface area contributed by atoms with E-state index in [0.29, 0.717) is 0 Å². The summed E-state index contributed by atoms with van der Waals surface area (Å²) in [6, 6.07) is 5.27. The molecule has 0 bridgehead atoms. The minimum Gasteiger partial charge on any atom is -0.478 e. The first kappa shape index (κ1) is 13.8. The van der Waals surface area contributed by atoms with Gasteiger partial charge >= 0.3 is 5.97 Å². The van der Waals surface area contributed by atoms with Gasteiger partial charge in [0.15, 0.2) is 5.25 Å². The average molecular weight is 269 g/mol. The van der Waals surface area contributed by atoms with Crippen molar-refractivity contribution in [2.45, 2.75) is 12.2 Å². The summed E-state index contributed by atoms with van der Waals surface area (Å²) in [7, 11) is -3.97. The van der Waals surface area contributed by atoms with Crippen LogP contribution >= 0.6 is 0 Å². The highest BCUT2D eigenvalue weighted by Gasteiger charge is 2.22. The van der Waals surface area contributed by atoms with Gasteiger partial charge in [-0.1, -0.05) is 0 Å². The van der Waals surface area contributed by atoms with Gasteiger partial charge in [-0.3, -0.25) is 4.72 Å². The Morgan fingerprint density at radius 2 is 2.17 bits per heavy atom. The fourth-order valence-corrected chi connectivity index (χ4v) is 1.93. The maximum absolute atomic E-state index is 11.6. The monoisotopic (exact) mass is 269 g/mol. The van der Waals surface area contributed by atoms with E-state index in [1.165, 1.54) is 25.1 Å². The van der Waals surface area contributed by atoms with Crippen molar-refractivity contribution >= 4 is 27.4 Å². The van der Waals surface area contributed by atoms with Gasteiger partial charge in [-0.05, 0) is 25.1 Å². The molecule has 8 heteroatoms. The number of sulfonamides is 1. The summed E-state index contributed by atoms with van der Waals surface area (Å²) in [4.78, 5) is 10.9. The van der Waals surface area contributed by atoms with Crippen LogP contribution in [0.25, 0.3) is 0 Å². The lowest BCUT2D eigenvalue weighted by Gasteiger charge is -2.12. The summed E-state index contributed by atoms with van der Waals surface area (Å²) in [6.45, 7) is 1.19. The Bertz CT molecular complexity index is 619. The van der Waals surface area contributed by atoms with E-state index in [0.717, 1.165) is 0 Å². The van der Waals surface area contributed by atoms with E-state index in [2.05, 4.69) is 0 Å². The summed E-state index contributed by atoms with van der Waals surface area (Å²) in [5.74, 6) is -1.29. The van der Waals surface area contributed by atoms with Crippen LogP contribution in [-0.2, 0) is 10.0 Å². The third kappa shape index (κ3) is 2.89. The standard InChI is InChI=1S/C10H11N3O4S/c1-6(5-11)18(16,17)13-9-4-7(12)2-3-8(9)10(14)15/h2-4,6,13H,12H2,1H3,(H,14,15). The van der Waals surface area contributed by atoms with Gasteiger partial charge in [0.2, 0.25) is 10.0 Å². The molecule has 1 rings (SSSR count). The first-order valence-electron chi connectivity index (χ1n) is 4.82. The molecule has 0 aliphatic heterocycles. The van der Waals surface area contributed by atoms with E-state index in [4.69, 9.17) is 16.1 Å². The number of carboxylic acid groups (broad SMARTS) is 1. The van der Waals surface area contributed by atoms with Crippen molar-refractivity contribution in [2.75, 3.05) is 10.5 Å². The van der Waals surface area contributed by atoms with E-state index in [1.807, 2.05) is 4.72 Å². The highest BCUT2D eigenvalue weighted by Crippen LogP contribution is 2.21. The second kappa shape index (κ2) is 4.93. The zero-order valence-corrected chi connectivity index (χ0v) is 10.2. The third-order valence-electron chi connectivity index (χ3n) is 2.17. The Labute approximate surface area is 104 Å². The number of nitrogens with two attached hydrogens (primary N) is 1. The molecule has 0 aliphatic carbocycles. The molecule has 7 nitrogen and oxygen atoms in total. The molecule has 0 radical (unpaired) electrons.